The molecule has 0 fully saturated rings. The van der Waals surface area contributed by atoms with Gasteiger partial charge in [-0.1, -0.05) is 0 Å². The Morgan fingerprint density at radius 1 is 1.36 bits per heavy atom. The van der Waals surface area contributed by atoms with Crippen molar-refractivity contribution in [2.75, 3.05) is 20.3 Å². The number of benzene rings is 1. The highest BCUT2D eigenvalue weighted by Crippen LogP contribution is 2.37. The van der Waals surface area contributed by atoms with Crippen molar-refractivity contribution in [1.82, 2.24) is 5.32 Å². The molecule has 0 aliphatic carbocycles. The summed E-state index contributed by atoms with van der Waals surface area (Å²) in [6.45, 7) is 5.83. The largest absolute Gasteiger partial charge is 0.493 e. The molecule has 1 aromatic carbocycles. The van der Waals surface area contributed by atoms with Crippen LogP contribution in [0.2, 0.25) is 0 Å². The van der Waals surface area contributed by atoms with Crippen molar-refractivity contribution in [3.05, 3.63) is 22.2 Å². The van der Waals surface area contributed by atoms with Gasteiger partial charge in [0.25, 0.3) is 0 Å². The van der Waals surface area contributed by atoms with Crippen LogP contribution in [-0.2, 0) is 4.74 Å². The van der Waals surface area contributed by atoms with Gasteiger partial charge in [0.2, 0.25) is 0 Å². The Balaban J connectivity index is 2.58. The highest BCUT2D eigenvalue weighted by molar-refractivity contribution is 9.10. The molecule has 0 aromatic heterocycles. The van der Waals surface area contributed by atoms with Gasteiger partial charge in [0.15, 0.2) is 17.8 Å². The third kappa shape index (κ3) is 5.55. The molecule has 0 heterocycles. The van der Waals surface area contributed by atoms with Gasteiger partial charge in [-0.05, 0) is 48.8 Å². The van der Waals surface area contributed by atoms with Crippen molar-refractivity contribution in [2.24, 2.45) is 0 Å². The van der Waals surface area contributed by atoms with E-state index in [0.29, 0.717) is 21.5 Å². The smallest absolute Gasteiger partial charge is 0.407 e. The van der Waals surface area contributed by atoms with E-state index in [4.69, 9.17) is 14.2 Å². The molecular formula is C15H20BrNO5. The van der Waals surface area contributed by atoms with Crippen molar-refractivity contribution >= 4 is 28.3 Å². The monoisotopic (exact) mass is 373 g/mol. The summed E-state index contributed by atoms with van der Waals surface area (Å²) in [6, 6.07) is 3.27. The summed E-state index contributed by atoms with van der Waals surface area (Å²) >= 11 is 3.31. The molecule has 0 unspecified atom stereocenters. The zero-order valence-corrected chi connectivity index (χ0v) is 14.7. The minimum absolute atomic E-state index is 0.205. The number of amides is 1. The highest BCUT2D eigenvalue weighted by Gasteiger charge is 2.16. The summed E-state index contributed by atoms with van der Waals surface area (Å²) in [4.78, 5) is 22.4. The predicted octanol–water partition coefficient (Wildman–Crippen LogP) is 3.17. The van der Waals surface area contributed by atoms with E-state index in [2.05, 4.69) is 21.2 Å². The molecular weight excluding hydrogens is 354 g/mol. The molecule has 0 bridgehead atoms. The summed E-state index contributed by atoms with van der Waals surface area (Å²) in [5, 5.41) is 2.58. The molecule has 22 heavy (non-hydrogen) atoms. The van der Waals surface area contributed by atoms with E-state index in [1.807, 2.05) is 0 Å². The third-order valence-corrected chi connectivity index (χ3v) is 3.27. The lowest BCUT2D eigenvalue weighted by atomic mass is 10.2. The normalized spacial score (nSPS) is 10.8. The SMILES string of the molecule is COc1ccc(C=O)c(Br)c1OCCNC(=O)OC(C)(C)C. The zero-order chi connectivity index (χ0) is 16.8. The van der Waals surface area contributed by atoms with E-state index in [-0.39, 0.29) is 13.2 Å². The first-order chi connectivity index (χ1) is 10.3. The maximum atomic E-state index is 11.5. The Kier molecular flexibility index (Phi) is 6.67. The lowest BCUT2D eigenvalue weighted by Crippen LogP contribution is -2.34. The molecule has 0 aliphatic rings. The minimum atomic E-state index is -0.546. The second kappa shape index (κ2) is 8.03. The minimum Gasteiger partial charge on any atom is -0.493 e. The molecule has 0 saturated carbocycles. The number of ether oxygens (including phenoxy) is 3. The van der Waals surface area contributed by atoms with Crippen molar-refractivity contribution in [3.63, 3.8) is 0 Å². The molecule has 1 rings (SSSR count). The molecule has 7 heteroatoms. The fourth-order valence-corrected chi connectivity index (χ4v) is 2.10. The lowest BCUT2D eigenvalue weighted by molar-refractivity contribution is 0.0520. The first-order valence-electron chi connectivity index (χ1n) is 6.70. The molecule has 1 amide bonds. The predicted molar refractivity (Wildman–Crippen MR) is 85.8 cm³/mol. The standard InChI is InChI=1S/C15H20BrNO5/c1-15(2,3)22-14(19)17-7-8-21-13-11(20-4)6-5-10(9-18)12(13)16/h5-6,9H,7-8H2,1-4H3,(H,17,19). The first-order valence-corrected chi connectivity index (χ1v) is 7.49. The molecule has 122 valence electrons. The molecule has 0 atom stereocenters. The first kappa shape index (κ1) is 18.3. The van der Waals surface area contributed by atoms with E-state index in [1.54, 1.807) is 32.9 Å². The number of nitrogens with one attached hydrogen (secondary N) is 1. The van der Waals surface area contributed by atoms with Gasteiger partial charge >= 0.3 is 6.09 Å². The molecule has 0 aliphatic heterocycles. The number of halogens is 1. The number of hydrogen-bond donors (Lipinski definition) is 1. The number of aldehydes is 1. The Morgan fingerprint density at radius 3 is 2.59 bits per heavy atom. The van der Waals surface area contributed by atoms with Crippen LogP contribution in [0.5, 0.6) is 11.5 Å². The Morgan fingerprint density at radius 2 is 2.05 bits per heavy atom. The van der Waals surface area contributed by atoms with Gasteiger partial charge in [-0.3, -0.25) is 4.79 Å². The Labute approximate surface area is 138 Å². The second-order valence-electron chi connectivity index (χ2n) is 5.40. The molecule has 0 saturated heterocycles. The molecule has 6 nitrogen and oxygen atoms in total. The van der Waals surface area contributed by atoms with Crippen LogP contribution in [0, 0.1) is 0 Å². The van der Waals surface area contributed by atoms with Crippen LogP contribution in [0.4, 0.5) is 4.79 Å². The van der Waals surface area contributed by atoms with Gasteiger partial charge in [0.05, 0.1) is 18.1 Å². The summed E-state index contributed by atoms with van der Waals surface area (Å²) in [6.07, 6.45) is 0.207. The summed E-state index contributed by atoms with van der Waals surface area (Å²) in [5.74, 6) is 0.910. The lowest BCUT2D eigenvalue weighted by Gasteiger charge is -2.20. The van der Waals surface area contributed by atoms with Crippen molar-refractivity contribution < 1.29 is 23.8 Å². The van der Waals surface area contributed by atoms with Crippen molar-refractivity contribution in [2.45, 2.75) is 26.4 Å². The van der Waals surface area contributed by atoms with E-state index in [1.165, 1.54) is 7.11 Å². The summed E-state index contributed by atoms with van der Waals surface area (Å²) in [7, 11) is 1.51. The van der Waals surface area contributed by atoms with Gasteiger partial charge in [-0.15, -0.1) is 0 Å². The van der Waals surface area contributed by atoms with Crippen LogP contribution in [0.1, 0.15) is 31.1 Å². The fourth-order valence-electron chi connectivity index (χ4n) is 1.56. The second-order valence-corrected chi connectivity index (χ2v) is 6.19. The molecule has 1 aromatic rings. The number of rotatable bonds is 6. The zero-order valence-electron chi connectivity index (χ0n) is 13.1. The number of alkyl carbamates (subject to hydrolysis) is 1. The third-order valence-electron chi connectivity index (χ3n) is 2.45. The number of hydrogen-bond acceptors (Lipinski definition) is 5. The Hall–Kier alpha value is -1.76. The van der Waals surface area contributed by atoms with E-state index in [0.717, 1.165) is 6.29 Å². The van der Waals surface area contributed by atoms with Gasteiger partial charge < -0.3 is 19.5 Å². The van der Waals surface area contributed by atoms with Crippen LogP contribution < -0.4 is 14.8 Å². The van der Waals surface area contributed by atoms with Crippen molar-refractivity contribution in [3.8, 4) is 11.5 Å². The van der Waals surface area contributed by atoms with Gasteiger partial charge in [0.1, 0.15) is 12.2 Å². The quantitative estimate of drug-likeness (QED) is 0.612. The molecule has 1 N–H and O–H groups in total. The topological polar surface area (TPSA) is 73.9 Å². The number of carbonyl (C=O) groups excluding carboxylic acids is 2. The highest BCUT2D eigenvalue weighted by atomic mass is 79.9. The van der Waals surface area contributed by atoms with Crippen LogP contribution >= 0.6 is 15.9 Å². The van der Waals surface area contributed by atoms with Gasteiger partial charge in [-0.2, -0.15) is 0 Å². The molecule has 0 spiro atoms. The molecule has 0 radical (unpaired) electrons. The fraction of sp³-hybridized carbons (Fsp3) is 0.467. The van der Waals surface area contributed by atoms with Crippen LogP contribution in [0.3, 0.4) is 0 Å². The van der Waals surface area contributed by atoms with Gasteiger partial charge in [-0.25, -0.2) is 4.79 Å². The van der Waals surface area contributed by atoms with Crippen molar-refractivity contribution in [1.29, 1.82) is 0 Å². The summed E-state index contributed by atoms with van der Waals surface area (Å²) in [5.41, 5.74) is -0.0916. The van der Waals surface area contributed by atoms with E-state index in [9.17, 15) is 9.59 Å². The van der Waals surface area contributed by atoms with Crippen LogP contribution in [-0.4, -0.2) is 38.2 Å². The average molecular weight is 374 g/mol. The summed E-state index contributed by atoms with van der Waals surface area (Å²) < 4.78 is 16.4. The Bertz CT molecular complexity index is 539. The number of methoxy groups -OCH3 is 1. The van der Waals surface area contributed by atoms with Gasteiger partial charge in [0, 0.05) is 5.56 Å². The number of carbonyl (C=O) groups is 2. The maximum Gasteiger partial charge on any atom is 0.407 e. The van der Waals surface area contributed by atoms with Crippen LogP contribution in [0.25, 0.3) is 0 Å². The average Bonchev–Trinajstić information content (AvgIpc) is 2.42. The van der Waals surface area contributed by atoms with E-state index >= 15 is 0 Å². The van der Waals surface area contributed by atoms with Crippen LogP contribution in [0.15, 0.2) is 16.6 Å². The maximum absolute atomic E-state index is 11.5. The van der Waals surface area contributed by atoms with E-state index < -0.39 is 11.7 Å².